The zero-order chi connectivity index (χ0) is 17.8. The van der Waals surface area contributed by atoms with E-state index < -0.39 is 0 Å². The summed E-state index contributed by atoms with van der Waals surface area (Å²) < 4.78 is 1.26. The molecule has 0 spiro atoms. The van der Waals surface area contributed by atoms with Crippen molar-refractivity contribution >= 4 is 43.8 Å². The number of nitrogens with zero attached hydrogens (tertiary/aromatic N) is 1. The Labute approximate surface area is 151 Å². The van der Waals surface area contributed by atoms with Gasteiger partial charge in [0.1, 0.15) is 5.82 Å². The lowest BCUT2D eigenvalue weighted by Crippen LogP contribution is -2.36. The first-order valence-electron chi connectivity index (χ1n) is 8.64. The summed E-state index contributed by atoms with van der Waals surface area (Å²) in [7, 11) is 0. The first kappa shape index (κ1) is 16.2. The molecule has 25 heavy (non-hydrogen) atoms. The minimum Gasteiger partial charge on any atom is -0.402 e. The van der Waals surface area contributed by atoms with Gasteiger partial charge in [0.05, 0.1) is 5.52 Å². The normalized spacial score (nSPS) is 20.4. The van der Waals surface area contributed by atoms with Crippen molar-refractivity contribution in [1.29, 1.82) is 0 Å². The van der Waals surface area contributed by atoms with Crippen LogP contribution in [0.4, 0.5) is 11.5 Å². The fourth-order valence-electron chi connectivity index (χ4n) is 3.98. The van der Waals surface area contributed by atoms with Crippen LogP contribution in [-0.2, 0) is 0 Å². The van der Waals surface area contributed by atoms with E-state index in [0.717, 1.165) is 40.9 Å². The number of hydrogen-bond donors (Lipinski definition) is 3. The zero-order valence-corrected chi connectivity index (χ0v) is 15.7. The molecular weight excluding hydrogens is 328 g/mol. The van der Waals surface area contributed by atoms with Crippen molar-refractivity contribution in [3.63, 3.8) is 0 Å². The van der Waals surface area contributed by atoms with Crippen molar-refractivity contribution in [2.45, 2.75) is 39.7 Å². The van der Waals surface area contributed by atoms with Crippen molar-refractivity contribution in [2.24, 2.45) is 11.1 Å². The van der Waals surface area contributed by atoms with Crippen LogP contribution in [0.3, 0.4) is 0 Å². The number of nitrogens with one attached hydrogen (secondary N) is 1. The van der Waals surface area contributed by atoms with Crippen molar-refractivity contribution in [1.82, 2.24) is 4.98 Å². The molecule has 0 saturated carbocycles. The number of pyridine rings is 1. The second-order valence-corrected chi connectivity index (χ2v) is 8.64. The van der Waals surface area contributed by atoms with Crippen molar-refractivity contribution in [3.05, 3.63) is 40.9 Å². The number of hydrogen-bond acceptors (Lipinski definition) is 5. The van der Waals surface area contributed by atoms with E-state index in [2.05, 4.69) is 43.6 Å². The standard InChI is InChI=1S/C20H24N4S/c1-11-8-13(10-20(2,3)18(11)22)23-19-15-6-7-25-17(15)14-5-4-12(21)9-16(14)24-19/h4-7,9,13H,8,10,21-22H2,1-3H3,(H,23,24). The molecule has 1 aliphatic carbocycles. The number of rotatable bonds is 2. The number of fused-ring (bicyclic) bond motifs is 3. The van der Waals surface area contributed by atoms with E-state index in [0.29, 0.717) is 6.04 Å². The number of benzene rings is 1. The molecule has 1 atom stereocenters. The maximum absolute atomic E-state index is 6.30. The molecule has 3 aromatic rings. The highest BCUT2D eigenvalue weighted by Crippen LogP contribution is 2.40. The van der Waals surface area contributed by atoms with Gasteiger partial charge in [-0.15, -0.1) is 11.3 Å². The topological polar surface area (TPSA) is 77.0 Å². The Bertz CT molecular complexity index is 1000. The number of anilines is 2. The quantitative estimate of drug-likeness (QED) is 0.575. The number of nitrogens with two attached hydrogens (primary N) is 2. The molecule has 0 amide bonds. The fourth-order valence-corrected chi connectivity index (χ4v) is 4.91. The van der Waals surface area contributed by atoms with Crippen LogP contribution in [0.5, 0.6) is 0 Å². The van der Waals surface area contributed by atoms with Crippen LogP contribution in [0.1, 0.15) is 33.6 Å². The van der Waals surface area contributed by atoms with Gasteiger partial charge in [0.25, 0.3) is 0 Å². The Balaban J connectivity index is 1.78. The molecule has 0 aliphatic heterocycles. The Hall–Kier alpha value is -2.27. The molecule has 5 N–H and O–H groups in total. The molecule has 4 nitrogen and oxygen atoms in total. The molecule has 130 valence electrons. The molecule has 0 saturated heterocycles. The summed E-state index contributed by atoms with van der Waals surface area (Å²) in [4.78, 5) is 4.89. The van der Waals surface area contributed by atoms with Gasteiger partial charge in [0.15, 0.2) is 0 Å². The Morgan fingerprint density at radius 3 is 2.76 bits per heavy atom. The summed E-state index contributed by atoms with van der Waals surface area (Å²) in [5, 5.41) is 8.16. The third kappa shape index (κ3) is 2.72. The van der Waals surface area contributed by atoms with Gasteiger partial charge in [-0.2, -0.15) is 0 Å². The lowest BCUT2D eigenvalue weighted by Gasteiger charge is -2.37. The van der Waals surface area contributed by atoms with Gasteiger partial charge >= 0.3 is 0 Å². The fraction of sp³-hybridized carbons (Fsp3) is 0.350. The van der Waals surface area contributed by atoms with Gasteiger partial charge < -0.3 is 16.8 Å². The van der Waals surface area contributed by atoms with E-state index in [4.69, 9.17) is 16.5 Å². The predicted molar refractivity (Wildman–Crippen MR) is 109 cm³/mol. The minimum atomic E-state index is 0.00897. The molecule has 1 aliphatic rings. The van der Waals surface area contributed by atoms with E-state index in [1.165, 1.54) is 15.7 Å². The van der Waals surface area contributed by atoms with Crippen molar-refractivity contribution in [2.75, 3.05) is 11.1 Å². The summed E-state index contributed by atoms with van der Waals surface area (Å²) in [5.74, 6) is 0.948. The maximum atomic E-state index is 6.30. The number of nitrogen functional groups attached to an aromatic ring is 1. The van der Waals surface area contributed by atoms with E-state index in [9.17, 15) is 0 Å². The van der Waals surface area contributed by atoms with Crippen LogP contribution in [0.15, 0.2) is 40.9 Å². The SMILES string of the molecule is CC1=C(N)C(C)(C)CC(Nc2nc3cc(N)ccc3c3sccc23)C1. The number of aromatic nitrogens is 1. The third-order valence-corrected chi connectivity index (χ3v) is 6.21. The van der Waals surface area contributed by atoms with Crippen LogP contribution < -0.4 is 16.8 Å². The molecule has 1 aromatic carbocycles. The Kier molecular flexibility index (Phi) is 3.65. The lowest BCUT2D eigenvalue weighted by molar-refractivity contribution is 0.343. The molecule has 2 heterocycles. The first-order chi connectivity index (χ1) is 11.8. The first-order valence-corrected chi connectivity index (χ1v) is 9.52. The highest BCUT2D eigenvalue weighted by Gasteiger charge is 2.32. The number of allylic oxidation sites excluding steroid dienone is 1. The van der Waals surface area contributed by atoms with Crippen LogP contribution in [-0.4, -0.2) is 11.0 Å². The van der Waals surface area contributed by atoms with Crippen molar-refractivity contribution in [3.8, 4) is 0 Å². The van der Waals surface area contributed by atoms with Gasteiger partial charge in [0.2, 0.25) is 0 Å². The molecule has 0 fully saturated rings. The van der Waals surface area contributed by atoms with E-state index in [1.807, 2.05) is 12.1 Å². The van der Waals surface area contributed by atoms with Gasteiger partial charge in [-0.1, -0.05) is 19.4 Å². The van der Waals surface area contributed by atoms with Gasteiger partial charge in [-0.3, -0.25) is 0 Å². The van der Waals surface area contributed by atoms with Crippen molar-refractivity contribution < 1.29 is 0 Å². The molecule has 2 aromatic heterocycles. The second-order valence-electron chi connectivity index (χ2n) is 7.73. The van der Waals surface area contributed by atoms with Gasteiger partial charge in [-0.25, -0.2) is 4.98 Å². The zero-order valence-electron chi connectivity index (χ0n) is 14.9. The van der Waals surface area contributed by atoms with Gasteiger partial charge in [0, 0.05) is 38.3 Å². The average Bonchev–Trinajstić information content (AvgIpc) is 3.02. The van der Waals surface area contributed by atoms with Gasteiger partial charge in [-0.05, 0) is 49.4 Å². The Morgan fingerprint density at radius 1 is 1.20 bits per heavy atom. The smallest absolute Gasteiger partial charge is 0.135 e. The summed E-state index contributed by atoms with van der Waals surface area (Å²) in [6.45, 7) is 6.57. The monoisotopic (exact) mass is 352 g/mol. The maximum Gasteiger partial charge on any atom is 0.135 e. The summed E-state index contributed by atoms with van der Waals surface area (Å²) in [6, 6.07) is 8.44. The van der Waals surface area contributed by atoms with Crippen LogP contribution in [0.2, 0.25) is 0 Å². The van der Waals surface area contributed by atoms with E-state index in [1.54, 1.807) is 11.3 Å². The predicted octanol–water partition coefficient (Wildman–Crippen LogP) is 4.86. The molecule has 5 heteroatoms. The van der Waals surface area contributed by atoms with Crippen LogP contribution in [0, 0.1) is 5.41 Å². The molecule has 1 unspecified atom stereocenters. The molecular formula is C20H24N4S. The third-order valence-electron chi connectivity index (χ3n) is 5.26. The largest absolute Gasteiger partial charge is 0.402 e. The average molecular weight is 353 g/mol. The summed E-state index contributed by atoms with van der Waals surface area (Å²) >= 11 is 1.75. The summed E-state index contributed by atoms with van der Waals surface area (Å²) in [6.07, 6.45) is 1.95. The second kappa shape index (κ2) is 5.63. The van der Waals surface area contributed by atoms with E-state index in [-0.39, 0.29) is 5.41 Å². The highest BCUT2D eigenvalue weighted by atomic mass is 32.1. The van der Waals surface area contributed by atoms with E-state index >= 15 is 0 Å². The highest BCUT2D eigenvalue weighted by molar-refractivity contribution is 7.18. The van der Waals surface area contributed by atoms with Crippen LogP contribution in [0.25, 0.3) is 21.0 Å². The molecule has 0 radical (unpaired) electrons. The Morgan fingerprint density at radius 2 is 2.00 bits per heavy atom. The minimum absolute atomic E-state index is 0.00897. The molecule has 0 bridgehead atoms. The molecule has 4 rings (SSSR count). The number of thiophene rings is 1. The van der Waals surface area contributed by atoms with Crippen LogP contribution >= 0.6 is 11.3 Å². The summed E-state index contributed by atoms with van der Waals surface area (Å²) in [5.41, 5.74) is 16.3. The lowest BCUT2D eigenvalue weighted by atomic mass is 9.74.